The van der Waals surface area contributed by atoms with Crippen LogP contribution in [-0.2, 0) is 16.5 Å². The van der Waals surface area contributed by atoms with Gasteiger partial charge >= 0.3 is 0 Å². The molecule has 0 aromatic carbocycles. The molecule has 120 valence electrons. The van der Waals surface area contributed by atoms with E-state index >= 15 is 0 Å². The van der Waals surface area contributed by atoms with Gasteiger partial charge in [-0.05, 0) is 0 Å². The van der Waals surface area contributed by atoms with Crippen LogP contribution in [-0.4, -0.2) is 39.3 Å². The maximum atomic E-state index is 7.48. The monoisotopic (exact) mass is 338 g/mol. The second kappa shape index (κ2) is 36.1. The molecule has 0 atom stereocenters. The van der Waals surface area contributed by atoms with E-state index in [0.717, 1.165) is 26.2 Å². The SMILES string of the molecule is N#CNC#N.N#CNC#N.NCCNCCNCCN.[Ni]. The Hall–Kier alpha value is -2.11. The van der Waals surface area contributed by atoms with E-state index in [4.69, 9.17) is 32.5 Å². The topological polar surface area (TPSA) is 195 Å². The molecule has 0 fully saturated rings. The number of nitrogens with two attached hydrogens (primary N) is 2. The van der Waals surface area contributed by atoms with Gasteiger partial charge in [-0.3, -0.25) is 0 Å². The van der Waals surface area contributed by atoms with E-state index in [0.29, 0.717) is 13.1 Å². The average Bonchev–Trinajstić information content (AvgIpc) is 2.46. The zero-order valence-electron chi connectivity index (χ0n) is 11.5. The molecule has 0 amide bonds. The van der Waals surface area contributed by atoms with Crippen LogP contribution in [0.3, 0.4) is 0 Å². The van der Waals surface area contributed by atoms with Crippen molar-refractivity contribution in [1.82, 2.24) is 21.3 Å². The van der Waals surface area contributed by atoms with E-state index in [1.54, 1.807) is 10.6 Å². The summed E-state index contributed by atoms with van der Waals surface area (Å²) in [5, 5.41) is 39.7. The molecular weight excluding hydrogens is 319 g/mol. The van der Waals surface area contributed by atoms with Crippen molar-refractivity contribution in [3.8, 4) is 24.8 Å². The third-order valence-electron chi connectivity index (χ3n) is 1.34. The minimum atomic E-state index is 0. The van der Waals surface area contributed by atoms with Crippen molar-refractivity contribution in [2.75, 3.05) is 39.3 Å². The van der Waals surface area contributed by atoms with Crippen molar-refractivity contribution >= 4 is 0 Å². The summed E-state index contributed by atoms with van der Waals surface area (Å²) >= 11 is 0. The van der Waals surface area contributed by atoms with E-state index < -0.39 is 0 Å². The number of rotatable bonds is 7. The van der Waals surface area contributed by atoms with Crippen molar-refractivity contribution < 1.29 is 16.5 Å². The first-order valence-electron chi connectivity index (χ1n) is 5.63. The Kier molecular flexibility index (Phi) is 46.9. The quantitative estimate of drug-likeness (QED) is 0.122. The average molecular weight is 339 g/mol. The number of hydrogen-bond acceptors (Lipinski definition) is 10. The number of hydrogen-bond donors (Lipinski definition) is 6. The molecule has 0 saturated carbocycles. The largest absolute Gasteiger partial charge is 0.329 e. The Bertz CT molecular complexity index is 276. The molecule has 8 N–H and O–H groups in total. The molecule has 0 aliphatic heterocycles. The number of nitrogens with zero attached hydrogens (tertiary/aromatic N) is 4. The van der Waals surface area contributed by atoms with Crippen molar-refractivity contribution in [2.24, 2.45) is 11.5 Å². The molecule has 21 heavy (non-hydrogen) atoms. The molecular formula is C10H20N10Ni. The molecule has 0 aliphatic carbocycles. The van der Waals surface area contributed by atoms with Crippen LogP contribution in [0.1, 0.15) is 0 Å². The van der Waals surface area contributed by atoms with Gasteiger partial charge in [0.25, 0.3) is 0 Å². The molecule has 0 aromatic rings. The van der Waals surface area contributed by atoms with Gasteiger partial charge in [-0.25, -0.2) is 10.6 Å². The van der Waals surface area contributed by atoms with Gasteiger partial charge in [-0.2, -0.15) is 21.0 Å². The fraction of sp³-hybridized carbons (Fsp3) is 0.600. The molecule has 0 spiro atoms. The van der Waals surface area contributed by atoms with Gasteiger partial charge in [0.1, 0.15) is 0 Å². The van der Waals surface area contributed by atoms with Gasteiger partial charge in [0, 0.05) is 55.8 Å². The first kappa shape index (κ1) is 27.3. The smallest absolute Gasteiger partial charge is 0.190 e. The third-order valence-corrected chi connectivity index (χ3v) is 1.34. The van der Waals surface area contributed by atoms with Gasteiger partial charge in [-0.15, -0.1) is 0 Å². The molecule has 0 aromatic heterocycles. The summed E-state index contributed by atoms with van der Waals surface area (Å²) in [6.07, 6.45) is 5.62. The minimum Gasteiger partial charge on any atom is -0.329 e. The predicted octanol–water partition coefficient (Wildman–Crippen LogP) is -2.84. The second-order valence-electron chi connectivity index (χ2n) is 2.77. The molecule has 0 aliphatic rings. The summed E-state index contributed by atoms with van der Waals surface area (Å²) in [5.41, 5.74) is 10.5. The zero-order valence-corrected chi connectivity index (χ0v) is 12.5. The Balaban J connectivity index is -0.000000112. The van der Waals surface area contributed by atoms with Crippen LogP contribution in [0.15, 0.2) is 0 Å². The van der Waals surface area contributed by atoms with Gasteiger partial charge in [0.2, 0.25) is 0 Å². The van der Waals surface area contributed by atoms with Crippen molar-refractivity contribution in [1.29, 1.82) is 21.0 Å². The summed E-state index contributed by atoms with van der Waals surface area (Å²) in [4.78, 5) is 0. The minimum absolute atomic E-state index is 0. The van der Waals surface area contributed by atoms with Crippen LogP contribution in [0, 0.1) is 45.8 Å². The molecule has 0 saturated heterocycles. The van der Waals surface area contributed by atoms with E-state index in [1.807, 2.05) is 0 Å². The molecule has 0 bridgehead atoms. The van der Waals surface area contributed by atoms with Crippen molar-refractivity contribution in [2.45, 2.75) is 0 Å². The zero-order chi connectivity index (χ0) is 15.9. The van der Waals surface area contributed by atoms with Gasteiger partial charge < -0.3 is 22.1 Å². The fourth-order valence-electron chi connectivity index (χ4n) is 0.681. The molecule has 0 unspecified atom stereocenters. The summed E-state index contributed by atoms with van der Waals surface area (Å²) in [6, 6.07) is 0. The summed E-state index contributed by atoms with van der Waals surface area (Å²) in [7, 11) is 0. The molecule has 0 heterocycles. The molecule has 0 radical (unpaired) electrons. The Morgan fingerprint density at radius 3 is 1.05 bits per heavy atom. The molecule has 11 heteroatoms. The Morgan fingerprint density at radius 2 is 0.905 bits per heavy atom. The van der Waals surface area contributed by atoms with Crippen LogP contribution in [0.2, 0.25) is 0 Å². The normalized spacial score (nSPS) is 6.57. The van der Waals surface area contributed by atoms with Crippen molar-refractivity contribution in [3.63, 3.8) is 0 Å². The third kappa shape index (κ3) is 57.1. The first-order valence-corrected chi connectivity index (χ1v) is 5.63. The number of nitrogens with one attached hydrogen (secondary N) is 4. The first-order chi connectivity index (χ1) is 9.74. The van der Waals surface area contributed by atoms with E-state index in [9.17, 15) is 0 Å². The Morgan fingerprint density at radius 1 is 0.619 bits per heavy atom. The van der Waals surface area contributed by atoms with Crippen LogP contribution in [0.4, 0.5) is 0 Å². The van der Waals surface area contributed by atoms with E-state index in [1.165, 1.54) is 24.8 Å². The number of nitriles is 4. The standard InChI is InChI=1S/C6H18N4.2C2HN3.Ni/c7-1-3-9-5-6-10-4-2-8;2*3-1-5-2-4;/h9-10H,1-8H2;2*5H;. The van der Waals surface area contributed by atoms with Gasteiger partial charge in [0.05, 0.1) is 0 Å². The van der Waals surface area contributed by atoms with E-state index in [2.05, 4.69) is 10.6 Å². The molecule has 10 nitrogen and oxygen atoms in total. The maximum absolute atomic E-state index is 7.48. The van der Waals surface area contributed by atoms with E-state index in [-0.39, 0.29) is 16.5 Å². The van der Waals surface area contributed by atoms with Crippen LogP contribution < -0.4 is 32.7 Å². The van der Waals surface area contributed by atoms with Crippen LogP contribution in [0.25, 0.3) is 0 Å². The van der Waals surface area contributed by atoms with Gasteiger partial charge in [-0.1, -0.05) is 0 Å². The molecule has 0 rings (SSSR count). The summed E-state index contributed by atoms with van der Waals surface area (Å²) < 4.78 is 0. The van der Waals surface area contributed by atoms with Crippen molar-refractivity contribution in [3.05, 3.63) is 0 Å². The summed E-state index contributed by atoms with van der Waals surface area (Å²) in [5.74, 6) is 0. The Labute approximate surface area is 135 Å². The fourth-order valence-corrected chi connectivity index (χ4v) is 0.681. The predicted molar refractivity (Wildman–Crippen MR) is 72.6 cm³/mol. The van der Waals surface area contributed by atoms with Crippen LogP contribution >= 0.6 is 0 Å². The van der Waals surface area contributed by atoms with Crippen LogP contribution in [0.5, 0.6) is 0 Å². The maximum Gasteiger partial charge on any atom is 0.190 e. The second-order valence-corrected chi connectivity index (χ2v) is 2.77. The van der Waals surface area contributed by atoms with Gasteiger partial charge in [0.15, 0.2) is 24.8 Å². The summed E-state index contributed by atoms with van der Waals surface area (Å²) in [6.45, 7) is 5.14.